The molecule has 0 aliphatic rings. The molecule has 0 bridgehead atoms. The summed E-state index contributed by atoms with van der Waals surface area (Å²) in [4.78, 5) is 11.8. The summed E-state index contributed by atoms with van der Waals surface area (Å²) in [6.45, 7) is 0. The van der Waals surface area contributed by atoms with Crippen molar-refractivity contribution in [3.05, 3.63) is 69.7 Å². The van der Waals surface area contributed by atoms with Crippen LogP contribution < -0.4 is 5.43 Å². The van der Waals surface area contributed by atoms with Crippen LogP contribution >= 0.6 is 15.9 Å². The van der Waals surface area contributed by atoms with Gasteiger partial charge in [-0.3, -0.25) is 4.79 Å². The number of nitrogens with zero attached hydrogens (tertiary/aromatic N) is 2. The van der Waals surface area contributed by atoms with Gasteiger partial charge in [0.15, 0.2) is 0 Å². The number of nitrogens with one attached hydrogen (secondary N) is 1. The molecule has 0 fully saturated rings. The van der Waals surface area contributed by atoms with Crippen molar-refractivity contribution in [1.29, 1.82) is 5.26 Å². The van der Waals surface area contributed by atoms with Gasteiger partial charge in [-0.1, -0.05) is 28.1 Å². The van der Waals surface area contributed by atoms with Gasteiger partial charge in [0.2, 0.25) is 0 Å². The number of nitriles is 1. The van der Waals surface area contributed by atoms with Crippen LogP contribution in [0.5, 0.6) is 0 Å². The van der Waals surface area contributed by atoms with Crippen molar-refractivity contribution < 1.29 is 4.79 Å². The van der Waals surface area contributed by atoms with Crippen molar-refractivity contribution in [2.45, 2.75) is 0 Å². The standard InChI is InChI=1S/C15H10BrN3O/c16-14-7-5-13(6-8-14)15(20)19-18-10-12-3-1-11(9-17)2-4-12/h1-8,10H,(H,19,20)/b18-10-. The predicted molar refractivity (Wildman–Crippen MR) is 80.4 cm³/mol. The quantitative estimate of drug-likeness (QED) is 0.695. The number of carbonyl (C=O) groups is 1. The molecule has 0 spiro atoms. The fourth-order valence-electron chi connectivity index (χ4n) is 1.47. The Hall–Kier alpha value is -2.45. The fourth-order valence-corrected chi connectivity index (χ4v) is 1.74. The molecule has 0 aromatic heterocycles. The zero-order valence-corrected chi connectivity index (χ0v) is 12.0. The van der Waals surface area contributed by atoms with Gasteiger partial charge < -0.3 is 0 Å². The lowest BCUT2D eigenvalue weighted by molar-refractivity contribution is 0.0955. The summed E-state index contributed by atoms with van der Waals surface area (Å²) >= 11 is 3.31. The molecule has 0 saturated carbocycles. The minimum atomic E-state index is -0.276. The van der Waals surface area contributed by atoms with Crippen LogP contribution in [0.15, 0.2) is 58.1 Å². The van der Waals surface area contributed by atoms with E-state index in [1.165, 1.54) is 6.21 Å². The molecule has 0 saturated heterocycles. The van der Waals surface area contributed by atoms with Crippen molar-refractivity contribution in [3.63, 3.8) is 0 Å². The van der Waals surface area contributed by atoms with Crippen LogP contribution in [0.25, 0.3) is 0 Å². The summed E-state index contributed by atoms with van der Waals surface area (Å²) in [6, 6.07) is 15.9. The summed E-state index contributed by atoms with van der Waals surface area (Å²) in [5.74, 6) is -0.276. The first-order chi connectivity index (χ1) is 9.69. The second-order valence-electron chi connectivity index (χ2n) is 3.94. The molecule has 2 aromatic rings. The number of halogens is 1. The zero-order chi connectivity index (χ0) is 14.4. The predicted octanol–water partition coefficient (Wildman–Crippen LogP) is 3.08. The van der Waals surface area contributed by atoms with Gasteiger partial charge in [0.25, 0.3) is 5.91 Å². The summed E-state index contributed by atoms with van der Waals surface area (Å²) in [5, 5.41) is 12.6. The molecule has 4 nitrogen and oxygen atoms in total. The number of hydrazone groups is 1. The Morgan fingerprint density at radius 1 is 1.15 bits per heavy atom. The third-order valence-corrected chi connectivity index (χ3v) is 3.05. The molecular weight excluding hydrogens is 318 g/mol. The molecule has 98 valence electrons. The van der Waals surface area contributed by atoms with Crippen molar-refractivity contribution in [2.75, 3.05) is 0 Å². The summed E-state index contributed by atoms with van der Waals surface area (Å²) in [7, 11) is 0. The van der Waals surface area contributed by atoms with Crippen LogP contribution in [-0.4, -0.2) is 12.1 Å². The van der Waals surface area contributed by atoms with Gasteiger partial charge in [-0.2, -0.15) is 10.4 Å². The molecule has 0 radical (unpaired) electrons. The van der Waals surface area contributed by atoms with E-state index >= 15 is 0 Å². The molecule has 2 aromatic carbocycles. The third kappa shape index (κ3) is 3.77. The van der Waals surface area contributed by atoms with Crippen LogP contribution in [0.4, 0.5) is 0 Å². The van der Waals surface area contributed by atoms with Crippen LogP contribution in [0.2, 0.25) is 0 Å². The van der Waals surface area contributed by atoms with E-state index in [2.05, 4.69) is 26.5 Å². The van der Waals surface area contributed by atoms with Gasteiger partial charge in [0.1, 0.15) is 0 Å². The molecule has 0 aliphatic carbocycles. The van der Waals surface area contributed by atoms with Gasteiger partial charge >= 0.3 is 0 Å². The van der Waals surface area contributed by atoms with E-state index in [0.29, 0.717) is 11.1 Å². The molecular formula is C15H10BrN3O. The average molecular weight is 328 g/mol. The Morgan fingerprint density at radius 3 is 2.40 bits per heavy atom. The largest absolute Gasteiger partial charge is 0.271 e. The van der Waals surface area contributed by atoms with E-state index in [0.717, 1.165) is 10.0 Å². The first-order valence-electron chi connectivity index (χ1n) is 5.78. The van der Waals surface area contributed by atoms with Crippen LogP contribution in [0.1, 0.15) is 21.5 Å². The number of amides is 1. The lowest BCUT2D eigenvalue weighted by Crippen LogP contribution is -2.17. The Balaban J connectivity index is 1.97. The third-order valence-electron chi connectivity index (χ3n) is 2.53. The topological polar surface area (TPSA) is 65.2 Å². The summed E-state index contributed by atoms with van der Waals surface area (Å²) in [5.41, 5.74) is 4.37. The highest BCUT2D eigenvalue weighted by Crippen LogP contribution is 2.10. The molecule has 0 atom stereocenters. The zero-order valence-electron chi connectivity index (χ0n) is 10.4. The van der Waals surface area contributed by atoms with E-state index in [4.69, 9.17) is 5.26 Å². The lowest BCUT2D eigenvalue weighted by Gasteiger charge is -1.99. The first kappa shape index (κ1) is 14.0. The molecule has 0 aliphatic heterocycles. The normalized spacial score (nSPS) is 10.2. The van der Waals surface area contributed by atoms with E-state index in [1.54, 1.807) is 48.5 Å². The highest BCUT2D eigenvalue weighted by atomic mass is 79.9. The van der Waals surface area contributed by atoms with Gasteiger partial charge in [-0.25, -0.2) is 5.43 Å². The van der Waals surface area contributed by atoms with E-state index in [-0.39, 0.29) is 5.91 Å². The Morgan fingerprint density at radius 2 is 1.80 bits per heavy atom. The number of hydrogen-bond donors (Lipinski definition) is 1. The van der Waals surface area contributed by atoms with E-state index in [9.17, 15) is 4.79 Å². The van der Waals surface area contributed by atoms with Gasteiger partial charge in [-0.05, 0) is 42.0 Å². The number of hydrogen-bond acceptors (Lipinski definition) is 3. The smallest absolute Gasteiger partial charge is 0.267 e. The Bertz CT molecular complexity index is 670. The average Bonchev–Trinajstić information content (AvgIpc) is 2.48. The van der Waals surface area contributed by atoms with Gasteiger partial charge in [-0.15, -0.1) is 0 Å². The minimum absolute atomic E-state index is 0.276. The van der Waals surface area contributed by atoms with E-state index in [1.807, 2.05) is 6.07 Å². The summed E-state index contributed by atoms with van der Waals surface area (Å²) in [6.07, 6.45) is 1.53. The monoisotopic (exact) mass is 327 g/mol. The number of rotatable bonds is 3. The Kier molecular flexibility index (Phi) is 4.64. The van der Waals surface area contributed by atoms with Crippen molar-refractivity contribution in [3.8, 4) is 6.07 Å². The second-order valence-corrected chi connectivity index (χ2v) is 4.86. The minimum Gasteiger partial charge on any atom is -0.267 e. The highest BCUT2D eigenvalue weighted by Gasteiger charge is 2.02. The molecule has 1 N–H and O–H groups in total. The van der Waals surface area contributed by atoms with Crippen molar-refractivity contribution in [1.82, 2.24) is 5.43 Å². The maximum atomic E-state index is 11.8. The molecule has 1 amide bonds. The van der Waals surface area contributed by atoms with Crippen molar-refractivity contribution >= 4 is 28.1 Å². The molecule has 0 unspecified atom stereocenters. The number of benzene rings is 2. The SMILES string of the molecule is N#Cc1ccc(/C=N\NC(=O)c2ccc(Br)cc2)cc1. The molecule has 20 heavy (non-hydrogen) atoms. The van der Waals surface area contributed by atoms with Crippen LogP contribution in [0, 0.1) is 11.3 Å². The van der Waals surface area contributed by atoms with Crippen molar-refractivity contribution in [2.24, 2.45) is 5.10 Å². The molecule has 0 heterocycles. The maximum absolute atomic E-state index is 11.8. The van der Waals surface area contributed by atoms with Crippen LogP contribution in [0.3, 0.4) is 0 Å². The maximum Gasteiger partial charge on any atom is 0.271 e. The highest BCUT2D eigenvalue weighted by molar-refractivity contribution is 9.10. The number of carbonyl (C=O) groups excluding carboxylic acids is 1. The summed E-state index contributed by atoms with van der Waals surface area (Å²) < 4.78 is 0.912. The fraction of sp³-hybridized carbons (Fsp3) is 0. The Labute approximate surface area is 124 Å². The second kappa shape index (κ2) is 6.64. The first-order valence-corrected chi connectivity index (χ1v) is 6.57. The molecule has 5 heteroatoms. The van der Waals surface area contributed by atoms with Gasteiger partial charge in [0, 0.05) is 10.0 Å². The molecule has 2 rings (SSSR count). The van der Waals surface area contributed by atoms with Crippen LogP contribution in [-0.2, 0) is 0 Å². The lowest BCUT2D eigenvalue weighted by atomic mass is 10.2. The van der Waals surface area contributed by atoms with E-state index < -0.39 is 0 Å². The van der Waals surface area contributed by atoms with Gasteiger partial charge in [0.05, 0.1) is 17.8 Å².